The van der Waals surface area contributed by atoms with Gasteiger partial charge in [0.2, 0.25) is 9.84 Å². The van der Waals surface area contributed by atoms with Crippen molar-refractivity contribution in [1.82, 2.24) is 9.88 Å². The summed E-state index contributed by atoms with van der Waals surface area (Å²) in [6, 6.07) is 9.39. The first-order valence-corrected chi connectivity index (χ1v) is 8.35. The van der Waals surface area contributed by atoms with Crippen LogP contribution < -0.4 is 0 Å². The minimum absolute atomic E-state index is 0.0366. The molecule has 7 heteroatoms. The second-order valence-corrected chi connectivity index (χ2v) is 7.56. The van der Waals surface area contributed by atoms with Crippen molar-refractivity contribution in [1.29, 1.82) is 0 Å². The molecular formula is C14H14Cl2N2O2S. The largest absolute Gasteiger partial charge is 0.305 e. The van der Waals surface area contributed by atoms with E-state index in [1.165, 1.54) is 12.1 Å². The molecule has 21 heavy (non-hydrogen) atoms. The SMILES string of the molecule is CN(C)Cc1cccc(S(=O)(=O)c2cc(Cl)nc(Cl)c2)c1. The number of halogens is 2. The highest BCUT2D eigenvalue weighted by atomic mass is 35.5. The predicted molar refractivity (Wildman–Crippen MR) is 83.5 cm³/mol. The molecule has 0 aliphatic carbocycles. The summed E-state index contributed by atoms with van der Waals surface area (Å²) < 4.78 is 25.2. The molecule has 1 aromatic heterocycles. The molecule has 0 fully saturated rings. The van der Waals surface area contributed by atoms with Crippen LogP contribution in [0.4, 0.5) is 0 Å². The molecule has 1 heterocycles. The maximum atomic E-state index is 12.6. The first kappa shape index (κ1) is 16.2. The normalized spacial score (nSPS) is 11.9. The fourth-order valence-corrected chi connectivity index (χ4v) is 3.87. The summed E-state index contributed by atoms with van der Waals surface area (Å²) in [5, 5.41) is 0.0936. The van der Waals surface area contributed by atoms with Gasteiger partial charge in [-0.05, 0) is 43.9 Å². The van der Waals surface area contributed by atoms with E-state index in [2.05, 4.69) is 4.98 Å². The highest BCUT2D eigenvalue weighted by Crippen LogP contribution is 2.25. The fraction of sp³-hybridized carbons (Fsp3) is 0.214. The van der Waals surface area contributed by atoms with Crippen LogP contribution >= 0.6 is 23.2 Å². The van der Waals surface area contributed by atoms with Crippen LogP contribution in [0.5, 0.6) is 0 Å². The van der Waals surface area contributed by atoms with Crippen LogP contribution in [-0.4, -0.2) is 32.4 Å². The second kappa shape index (κ2) is 6.32. The zero-order valence-corrected chi connectivity index (χ0v) is 13.9. The average Bonchev–Trinajstić information content (AvgIpc) is 2.37. The van der Waals surface area contributed by atoms with Gasteiger partial charge >= 0.3 is 0 Å². The molecule has 0 spiro atoms. The lowest BCUT2D eigenvalue weighted by atomic mass is 10.2. The standard InChI is InChI=1S/C14H14Cl2N2O2S/c1-18(2)9-10-4-3-5-11(6-10)21(19,20)12-7-13(15)17-14(16)8-12/h3-8H,9H2,1-2H3. The van der Waals surface area contributed by atoms with E-state index < -0.39 is 9.84 Å². The lowest BCUT2D eigenvalue weighted by molar-refractivity contribution is 0.402. The molecule has 0 saturated carbocycles. The second-order valence-electron chi connectivity index (χ2n) is 4.84. The van der Waals surface area contributed by atoms with E-state index in [0.717, 1.165) is 5.56 Å². The summed E-state index contributed by atoms with van der Waals surface area (Å²) in [6.45, 7) is 0.654. The van der Waals surface area contributed by atoms with Crippen LogP contribution in [-0.2, 0) is 16.4 Å². The van der Waals surface area contributed by atoms with Gasteiger partial charge in [0.25, 0.3) is 0 Å². The van der Waals surface area contributed by atoms with E-state index in [1.807, 2.05) is 25.1 Å². The number of sulfone groups is 1. The van der Waals surface area contributed by atoms with E-state index in [-0.39, 0.29) is 20.1 Å². The molecule has 2 rings (SSSR count). The van der Waals surface area contributed by atoms with Gasteiger partial charge in [-0.2, -0.15) is 0 Å². The number of hydrogen-bond acceptors (Lipinski definition) is 4. The van der Waals surface area contributed by atoms with Crippen molar-refractivity contribution < 1.29 is 8.42 Å². The van der Waals surface area contributed by atoms with Crippen LogP contribution in [0.15, 0.2) is 46.2 Å². The molecule has 0 N–H and O–H groups in total. The lowest BCUT2D eigenvalue weighted by Crippen LogP contribution is -2.11. The van der Waals surface area contributed by atoms with E-state index in [0.29, 0.717) is 6.54 Å². The van der Waals surface area contributed by atoms with Gasteiger partial charge in [-0.25, -0.2) is 13.4 Å². The van der Waals surface area contributed by atoms with Gasteiger partial charge in [-0.15, -0.1) is 0 Å². The van der Waals surface area contributed by atoms with Gasteiger partial charge in [0.05, 0.1) is 9.79 Å². The Balaban J connectivity index is 2.48. The molecule has 0 radical (unpaired) electrons. The van der Waals surface area contributed by atoms with Crippen LogP contribution in [0.25, 0.3) is 0 Å². The maximum absolute atomic E-state index is 12.6. The molecule has 0 bridgehead atoms. The summed E-state index contributed by atoms with van der Waals surface area (Å²) >= 11 is 11.6. The van der Waals surface area contributed by atoms with Crippen molar-refractivity contribution in [2.24, 2.45) is 0 Å². The Morgan fingerprint density at radius 3 is 2.24 bits per heavy atom. The average molecular weight is 345 g/mol. The van der Waals surface area contributed by atoms with E-state index in [9.17, 15) is 8.42 Å². The minimum Gasteiger partial charge on any atom is -0.305 e. The minimum atomic E-state index is -3.67. The zero-order chi connectivity index (χ0) is 15.6. The van der Waals surface area contributed by atoms with Gasteiger partial charge in [0, 0.05) is 6.54 Å². The van der Waals surface area contributed by atoms with Gasteiger partial charge in [-0.1, -0.05) is 35.3 Å². The van der Waals surface area contributed by atoms with E-state index in [4.69, 9.17) is 23.2 Å². The molecule has 0 aliphatic rings. The highest BCUT2D eigenvalue weighted by Gasteiger charge is 2.19. The fourth-order valence-electron chi connectivity index (χ4n) is 1.91. The van der Waals surface area contributed by atoms with Crippen molar-refractivity contribution in [2.45, 2.75) is 16.3 Å². The van der Waals surface area contributed by atoms with Crippen LogP contribution in [0, 0.1) is 0 Å². The summed E-state index contributed by atoms with van der Waals surface area (Å²) in [4.78, 5) is 5.97. The Morgan fingerprint density at radius 2 is 1.67 bits per heavy atom. The third-order valence-electron chi connectivity index (χ3n) is 2.75. The zero-order valence-electron chi connectivity index (χ0n) is 11.5. The van der Waals surface area contributed by atoms with Crippen molar-refractivity contribution in [2.75, 3.05) is 14.1 Å². The van der Waals surface area contributed by atoms with Crippen molar-refractivity contribution in [3.05, 3.63) is 52.3 Å². The Kier molecular flexibility index (Phi) is 4.88. The van der Waals surface area contributed by atoms with Gasteiger partial charge in [0.1, 0.15) is 10.3 Å². The number of hydrogen-bond donors (Lipinski definition) is 0. The smallest absolute Gasteiger partial charge is 0.206 e. The van der Waals surface area contributed by atoms with E-state index >= 15 is 0 Å². The molecule has 4 nitrogen and oxygen atoms in total. The predicted octanol–water partition coefficient (Wildman–Crippen LogP) is 3.28. The topological polar surface area (TPSA) is 50.3 Å². The number of pyridine rings is 1. The quantitative estimate of drug-likeness (QED) is 0.798. The Hall–Kier alpha value is -1.14. The lowest BCUT2D eigenvalue weighted by Gasteiger charge is -2.11. The molecule has 112 valence electrons. The van der Waals surface area contributed by atoms with Crippen LogP contribution in [0.1, 0.15) is 5.56 Å². The van der Waals surface area contributed by atoms with Gasteiger partial charge < -0.3 is 4.90 Å². The third-order valence-corrected chi connectivity index (χ3v) is 4.87. The van der Waals surface area contributed by atoms with Crippen molar-refractivity contribution >= 4 is 33.0 Å². The van der Waals surface area contributed by atoms with E-state index in [1.54, 1.807) is 18.2 Å². The first-order chi connectivity index (χ1) is 9.79. The number of benzene rings is 1. The molecule has 2 aromatic rings. The number of aromatic nitrogens is 1. The Bertz CT molecular complexity index is 741. The van der Waals surface area contributed by atoms with Crippen molar-refractivity contribution in [3.8, 4) is 0 Å². The van der Waals surface area contributed by atoms with Crippen molar-refractivity contribution in [3.63, 3.8) is 0 Å². The number of rotatable bonds is 4. The summed E-state index contributed by atoms with van der Waals surface area (Å²) in [6.07, 6.45) is 0. The van der Waals surface area contributed by atoms with Crippen LogP contribution in [0.3, 0.4) is 0 Å². The molecule has 0 aliphatic heterocycles. The Labute approximate surface area is 134 Å². The number of nitrogens with zero attached hydrogens (tertiary/aromatic N) is 2. The summed E-state index contributed by atoms with van der Waals surface area (Å²) in [5.41, 5.74) is 0.910. The molecule has 1 aromatic carbocycles. The monoisotopic (exact) mass is 344 g/mol. The molecule has 0 amide bonds. The van der Waals surface area contributed by atoms with Gasteiger partial charge in [-0.3, -0.25) is 0 Å². The maximum Gasteiger partial charge on any atom is 0.206 e. The molecular weight excluding hydrogens is 331 g/mol. The summed E-state index contributed by atoms with van der Waals surface area (Å²) in [5.74, 6) is 0. The summed E-state index contributed by atoms with van der Waals surface area (Å²) in [7, 11) is 0.171. The highest BCUT2D eigenvalue weighted by molar-refractivity contribution is 7.91. The third kappa shape index (κ3) is 3.95. The molecule has 0 atom stereocenters. The Morgan fingerprint density at radius 1 is 1.05 bits per heavy atom. The van der Waals surface area contributed by atoms with Crippen LogP contribution in [0.2, 0.25) is 10.3 Å². The first-order valence-electron chi connectivity index (χ1n) is 6.11. The molecule has 0 unspecified atom stereocenters. The molecule has 0 saturated heterocycles. The van der Waals surface area contributed by atoms with Gasteiger partial charge in [0.15, 0.2) is 0 Å².